The van der Waals surface area contributed by atoms with Gasteiger partial charge in [0.05, 0.1) is 25.9 Å². The number of nitrogens with zero attached hydrogens (tertiary/aromatic N) is 1. The van der Waals surface area contributed by atoms with E-state index in [0.717, 1.165) is 5.56 Å². The van der Waals surface area contributed by atoms with Crippen LogP contribution in [-0.2, 0) is 16.1 Å². The Hall–Kier alpha value is -3.53. The Bertz CT molecular complexity index is 825. The van der Waals surface area contributed by atoms with Crippen molar-refractivity contribution >= 4 is 11.9 Å². The quantitative estimate of drug-likeness (QED) is 0.764. The Morgan fingerprint density at radius 2 is 1.81 bits per heavy atom. The van der Waals surface area contributed by atoms with Gasteiger partial charge in [-0.1, -0.05) is 12.1 Å². The number of methoxy groups -OCH3 is 2. The molecule has 1 N–H and O–H groups in total. The Morgan fingerprint density at radius 1 is 1.08 bits per heavy atom. The fourth-order valence-electron chi connectivity index (χ4n) is 2.11. The van der Waals surface area contributed by atoms with Crippen LogP contribution in [0, 0.1) is 11.3 Å². The molecule has 0 aliphatic rings. The minimum atomic E-state index is -0.517. The molecule has 26 heavy (non-hydrogen) atoms. The minimum Gasteiger partial charge on any atom is -0.493 e. The molecule has 0 heterocycles. The van der Waals surface area contributed by atoms with Gasteiger partial charge in [0, 0.05) is 12.1 Å². The van der Waals surface area contributed by atoms with Crippen LogP contribution in [0.1, 0.15) is 21.5 Å². The molecule has 7 heteroatoms. The van der Waals surface area contributed by atoms with E-state index in [4.69, 9.17) is 14.7 Å². The molecule has 134 valence electrons. The highest BCUT2D eigenvalue weighted by molar-refractivity contribution is 5.94. The number of esters is 1. The Balaban J connectivity index is 2.01. The molecular formula is C19H18N2O5. The third kappa shape index (κ3) is 4.98. The van der Waals surface area contributed by atoms with Gasteiger partial charge in [-0.05, 0) is 35.9 Å². The fourth-order valence-corrected chi connectivity index (χ4v) is 2.11. The molecule has 0 bridgehead atoms. The molecule has 0 radical (unpaired) electrons. The van der Waals surface area contributed by atoms with Crippen molar-refractivity contribution in [1.29, 1.82) is 5.26 Å². The van der Waals surface area contributed by atoms with E-state index in [9.17, 15) is 9.59 Å². The highest BCUT2D eigenvalue weighted by Gasteiger charge is 2.12. The van der Waals surface area contributed by atoms with Gasteiger partial charge < -0.3 is 19.5 Å². The second-order valence-corrected chi connectivity index (χ2v) is 5.22. The topological polar surface area (TPSA) is 97.6 Å². The maximum absolute atomic E-state index is 12.3. The van der Waals surface area contributed by atoms with Gasteiger partial charge in [0.25, 0.3) is 5.91 Å². The number of amides is 1. The molecule has 7 nitrogen and oxygen atoms in total. The molecule has 0 unspecified atom stereocenters. The zero-order valence-electron chi connectivity index (χ0n) is 14.4. The van der Waals surface area contributed by atoms with E-state index in [0.29, 0.717) is 29.2 Å². The molecule has 1 amide bonds. The highest BCUT2D eigenvalue weighted by atomic mass is 16.6. The summed E-state index contributed by atoms with van der Waals surface area (Å²) in [4.78, 5) is 23.4. The molecule has 0 saturated carbocycles. The molecule has 2 aromatic rings. The first-order chi connectivity index (χ1) is 12.6. The van der Waals surface area contributed by atoms with Gasteiger partial charge in [-0.25, -0.2) is 4.79 Å². The molecular weight excluding hydrogens is 336 g/mol. The normalized spacial score (nSPS) is 9.73. The minimum absolute atomic E-state index is 0.253. The van der Waals surface area contributed by atoms with Gasteiger partial charge in [-0.3, -0.25) is 4.79 Å². The van der Waals surface area contributed by atoms with Crippen LogP contribution >= 0.6 is 0 Å². The Kier molecular flexibility index (Phi) is 6.57. The van der Waals surface area contributed by atoms with Crippen molar-refractivity contribution in [1.82, 2.24) is 5.32 Å². The summed E-state index contributed by atoms with van der Waals surface area (Å²) >= 11 is 0. The second-order valence-electron chi connectivity index (χ2n) is 5.22. The molecule has 0 spiro atoms. The van der Waals surface area contributed by atoms with Gasteiger partial charge in [0.15, 0.2) is 18.1 Å². The predicted octanol–water partition coefficient (Wildman–Crippen LogP) is 2.05. The average Bonchev–Trinajstić information content (AvgIpc) is 2.70. The smallest absolute Gasteiger partial charge is 0.343 e. The van der Waals surface area contributed by atoms with Crippen molar-refractivity contribution in [2.75, 3.05) is 20.8 Å². The first-order valence-electron chi connectivity index (χ1n) is 7.72. The number of carbonyl (C=O) groups excluding carboxylic acids is 2. The van der Waals surface area contributed by atoms with Crippen LogP contribution in [0.3, 0.4) is 0 Å². The summed E-state index contributed by atoms with van der Waals surface area (Å²) < 4.78 is 15.0. The molecule has 0 atom stereocenters. The maximum Gasteiger partial charge on any atom is 0.343 e. The SMILES string of the molecule is COC(=O)COc1ccc(C(=O)NCc2ccc(C#N)cc2)cc1OC. The Labute approximate surface area is 151 Å². The summed E-state index contributed by atoms with van der Waals surface area (Å²) in [7, 11) is 2.71. The Morgan fingerprint density at radius 3 is 2.42 bits per heavy atom. The summed E-state index contributed by atoms with van der Waals surface area (Å²) in [5, 5.41) is 11.6. The third-order valence-corrected chi connectivity index (χ3v) is 3.54. The van der Waals surface area contributed by atoms with E-state index in [1.54, 1.807) is 36.4 Å². The largest absolute Gasteiger partial charge is 0.493 e. The average molecular weight is 354 g/mol. The second kappa shape index (κ2) is 9.08. The lowest BCUT2D eigenvalue weighted by molar-refractivity contribution is -0.142. The number of rotatable bonds is 7. The van der Waals surface area contributed by atoms with Gasteiger partial charge in [0.2, 0.25) is 0 Å². The number of nitriles is 1. The van der Waals surface area contributed by atoms with Gasteiger partial charge in [0.1, 0.15) is 0 Å². The monoisotopic (exact) mass is 354 g/mol. The third-order valence-electron chi connectivity index (χ3n) is 3.54. The lowest BCUT2D eigenvalue weighted by Gasteiger charge is -2.12. The van der Waals surface area contributed by atoms with Crippen LogP contribution in [0.15, 0.2) is 42.5 Å². The van der Waals surface area contributed by atoms with Gasteiger partial charge in [-0.15, -0.1) is 0 Å². The van der Waals surface area contributed by atoms with E-state index in [2.05, 4.69) is 10.1 Å². The lowest BCUT2D eigenvalue weighted by atomic mass is 10.1. The van der Waals surface area contributed by atoms with Crippen LogP contribution in [0.25, 0.3) is 0 Å². The highest BCUT2D eigenvalue weighted by Crippen LogP contribution is 2.28. The van der Waals surface area contributed by atoms with Gasteiger partial charge >= 0.3 is 5.97 Å². The van der Waals surface area contributed by atoms with Crippen molar-refractivity contribution in [3.8, 4) is 17.6 Å². The van der Waals surface area contributed by atoms with Crippen molar-refractivity contribution in [2.24, 2.45) is 0 Å². The standard InChI is InChI=1S/C19H18N2O5/c1-24-17-9-15(7-8-16(17)26-12-18(22)25-2)19(23)21-11-14-5-3-13(10-20)4-6-14/h3-9H,11-12H2,1-2H3,(H,21,23). The molecule has 0 fully saturated rings. The number of hydrogen-bond donors (Lipinski definition) is 1. The van der Waals surface area contributed by atoms with Gasteiger partial charge in [-0.2, -0.15) is 5.26 Å². The van der Waals surface area contributed by atoms with Crippen LogP contribution < -0.4 is 14.8 Å². The van der Waals surface area contributed by atoms with Crippen LogP contribution in [0.2, 0.25) is 0 Å². The predicted molar refractivity (Wildman–Crippen MR) is 92.8 cm³/mol. The van der Waals surface area contributed by atoms with Crippen molar-refractivity contribution in [3.63, 3.8) is 0 Å². The van der Waals surface area contributed by atoms with Crippen LogP contribution in [0.5, 0.6) is 11.5 Å². The number of carbonyl (C=O) groups is 2. The van der Waals surface area contributed by atoms with E-state index < -0.39 is 5.97 Å². The van der Waals surface area contributed by atoms with E-state index in [-0.39, 0.29) is 12.5 Å². The van der Waals surface area contributed by atoms with Crippen molar-refractivity contribution in [3.05, 3.63) is 59.2 Å². The first-order valence-corrected chi connectivity index (χ1v) is 7.72. The molecule has 0 aliphatic carbocycles. The fraction of sp³-hybridized carbons (Fsp3) is 0.211. The van der Waals surface area contributed by atoms with Crippen LogP contribution in [0.4, 0.5) is 0 Å². The summed E-state index contributed by atoms with van der Waals surface area (Å²) in [6.07, 6.45) is 0. The summed E-state index contributed by atoms with van der Waals surface area (Å²) in [6.45, 7) is 0.0740. The molecule has 0 aromatic heterocycles. The first kappa shape index (κ1) is 18.8. The number of benzene rings is 2. The van der Waals surface area contributed by atoms with E-state index in [1.807, 2.05) is 6.07 Å². The maximum atomic E-state index is 12.3. The summed E-state index contributed by atoms with van der Waals surface area (Å²) in [5.74, 6) is -0.134. The van der Waals surface area contributed by atoms with E-state index in [1.165, 1.54) is 20.3 Å². The molecule has 2 aromatic carbocycles. The van der Waals surface area contributed by atoms with Crippen LogP contribution in [-0.4, -0.2) is 32.7 Å². The summed E-state index contributed by atoms with van der Waals surface area (Å²) in [6, 6.07) is 13.6. The van der Waals surface area contributed by atoms with E-state index >= 15 is 0 Å². The van der Waals surface area contributed by atoms with Crippen molar-refractivity contribution < 1.29 is 23.8 Å². The lowest BCUT2D eigenvalue weighted by Crippen LogP contribution is -2.22. The molecule has 0 saturated heterocycles. The molecule has 0 aliphatic heterocycles. The zero-order valence-corrected chi connectivity index (χ0v) is 14.4. The summed E-state index contributed by atoms with van der Waals surface area (Å²) in [5.41, 5.74) is 1.83. The molecule has 2 rings (SSSR count). The number of hydrogen-bond acceptors (Lipinski definition) is 6. The number of ether oxygens (including phenoxy) is 3. The van der Waals surface area contributed by atoms with Crippen molar-refractivity contribution in [2.45, 2.75) is 6.54 Å². The number of nitrogens with one attached hydrogen (secondary N) is 1. The zero-order chi connectivity index (χ0) is 18.9.